The molecule has 4 aromatic rings. The van der Waals surface area contributed by atoms with E-state index in [1.54, 1.807) is 44.3 Å². The minimum Gasteiger partial charge on any atom is -0.482 e. The zero-order valence-corrected chi connectivity index (χ0v) is 19.7. The van der Waals surface area contributed by atoms with Crippen LogP contribution in [-0.2, 0) is 11.3 Å². The molecular weight excluding hydrogens is 468 g/mol. The maximum Gasteiger partial charge on any atom is 0.266 e. The van der Waals surface area contributed by atoms with Gasteiger partial charge in [-0.05, 0) is 42.8 Å². The molecule has 0 saturated carbocycles. The summed E-state index contributed by atoms with van der Waals surface area (Å²) in [5, 5.41) is 3.13. The van der Waals surface area contributed by atoms with Crippen molar-refractivity contribution in [2.75, 3.05) is 23.9 Å². The smallest absolute Gasteiger partial charge is 0.266 e. The topological polar surface area (TPSA) is 111 Å². The number of rotatable bonds is 5. The standard InChI is InChI=1S/C25H20N4O5S/c1-14-21-24(35-22(14)23(32)27-16-6-4-3-5-7-16)26-13-29(25(21)33)11-18(30)15-8-9-19-17(10-15)28(2)20(31)12-34-19/h3-10,13H,11-12H2,1-2H3,(H,27,32). The number of ether oxygens (including phenoxy) is 1. The number of likely N-dealkylation sites (N-methyl/N-ethyl adjacent to an activating group) is 1. The third kappa shape index (κ3) is 4.08. The second kappa shape index (κ2) is 8.80. The van der Waals surface area contributed by atoms with Crippen LogP contribution in [0.1, 0.15) is 25.6 Å². The van der Waals surface area contributed by atoms with Crippen LogP contribution in [0.25, 0.3) is 10.2 Å². The first-order valence-electron chi connectivity index (χ1n) is 10.7. The summed E-state index contributed by atoms with van der Waals surface area (Å²) in [7, 11) is 1.62. The van der Waals surface area contributed by atoms with Gasteiger partial charge in [0.1, 0.15) is 10.6 Å². The molecule has 3 heterocycles. The number of fused-ring (bicyclic) bond motifs is 2. The average molecular weight is 489 g/mol. The van der Waals surface area contributed by atoms with Crippen LogP contribution in [0.15, 0.2) is 59.7 Å². The van der Waals surface area contributed by atoms with E-state index in [1.807, 2.05) is 18.2 Å². The van der Waals surface area contributed by atoms with E-state index in [9.17, 15) is 19.2 Å². The number of benzene rings is 2. The Morgan fingerprint density at radius 3 is 2.69 bits per heavy atom. The molecule has 5 rings (SSSR count). The van der Waals surface area contributed by atoms with Gasteiger partial charge in [-0.1, -0.05) is 18.2 Å². The van der Waals surface area contributed by atoms with Crippen molar-refractivity contribution in [3.8, 4) is 5.75 Å². The van der Waals surface area contributed by atoms with Gasteiger partial charge in [0.05, 0.1) is 28.8 Å². The Labute approximate surface area is 203 Å². The van der Waals surface area contributed by atoms with Crippen molar-refractivity contribution in [1.82, 2.24) is 9.55 Å². The fourth-order valence-electron chi connectivity index (χ4n) is 3.89. The van der Waals surface area contributed by atoms with Gasteiger partial charge in [0.25, 0.3) is 17.4 Å². The summed E-state index contributed by atoms with van der Waals surface area (Å²) >= 11 is 1.13. The highest BCUT2D eigenvalue weighted by Gasteiger charge is 2.24. The number of anilines is 2. The van der Waals surface area contributed by atoms with E-state index < -0.39 is 5.56 Å². The van der Waals surface area contributed by atoms with Crippen LogP contribution >= 0.6 is 11.3 Å². The number of hydrogen-bond donors (Lipinski definition) is 1. The fraction of sp³-hybridized carbons (Fsp3) is 0.160. The van der Waals surface area contributed by atoms with E-state index in [-0.39, 0.29) is 30.7 Å². The van der Waals surface area contributed by atoms with E-state index in [1.165, 1.54) is 15.8 Å². The van der Waals surface area contributed by atoms with Crippen LogP contribution in [0, 0.1) is 6.92 Å². The molecule has 2 aromatic heterocycles. The zero-order chi connectivity index (χ0) is 24.7. The number of Topliss-reactive ketones (excluding diaryl/α,β-unsaturated/α-hetero) is 1. The molecule has 0 bridgehead atoms. The Bertz CT molecular complexity index is 1560. The van der Waals surface area contributed by atoms with E-state index in [0.29, 0.717) is 43.3 Å². The van der Waals surface area contributed by atoms with Crippen LogP contribution in [0.4, 0.5) is 11.4 Å². The number of thiophene rings is 1. The van der Waals surface area contributed by atoms with E-state index in [0.717, 1.165) is 11.3 Å². The molecule has 35 heavy (non-hydrogen) atoms. The first kappa shape index (κ1) is 22.5. The van der Waals surface area contributed by atoms with Crippen molar-refractivity contribution in [2.45, 2.75) is 13.5 Å². The van der Waals surface area contributed by atoms with E-state index in [4.69, 9.17) is 4.74 Å². The molecule has 9 nitrogen and oxygen atoms in total. The van der Waals surface area contributed by atoms with Crippen LogP contribution in [0.3, 0.4) is 0 Å². The summed E-state index contributed by atoms with van der Waals surface area (Å²) < 4.78 is 6.63. The van der Waals surface area contributed by atoms with Crippen LogP contribution in [0.5, 0.6) is 5.75 Å². The molecule has 1 N–H and O–H groups in total. The SMILES string of the molecule is Cc1c(C(=O)Nc2ccccc2)sc2ncn(CC(=O)c3ccc4c(c3)N(C)C(=O)CO4)c(=O)c12. The predicted octanol–water partition coefficient (Wildman–Crippen LogP) is 3.26. The highest BCUT2D eigenvalue weighted by molar-refractivity contribution is 7.20. The van der Waals surface area contributed by atoms with Gasteiger partial charge in [-0.3, -0.25) is 23.7 Å². The summed E-state index contributed by atoms with van der Waals surface area (Å²) in [4.78, 5) is 57.5. The monoisotopic (exact) mass is 488 g/mol. The largest absolute Gasteiger partial charge is 0.482 e. The lowest BCUT2D eigenvalue weighted by Gasteiger charge is -2.26. The van der Waals surface area contributed by atoms with Crippen molar-refractivity contribution in [3.63, 3.8) is 0 Å². The van der Waals surface area contributed by atoms with Crippen molar-refractivity contribution in [2.24, 2.45) is 0 Å². The summed E-state index contributed by atoms with van der Waals surface area (Å²) in [6, 6.07) is 13.8. The third-order valence-electron chi connectivity index (χ3n) is 5.84. The molecule has 0 fully saturated rings. The van der Waals surface area contributed by atoms with E-state index >= 15 is 0 Å². The summed E-state index contributed by atoms with van der Waals surface area (Å²) in [5.41, 5.74) is 1.60. The summed E-state index contributed by atoms with van der Waals surface area (Å²) in [6.07, 6.45) is 1.31. The van der Waals surface area contributed by atoms with E-state index in [2.05, 4.69) is 10.3 Å². The molecule has 0 spiro atoms. The minimum atomic E-state index is -0.399. The number of aryl methyl sites for hydroxylation is 1. The lowest BCUT2D eigenvalue weighted by Crippen LogP contribution is -2.35. The quantitative estimate of drug-likeness (QED) is 0.432. The van der Waals surface area contributed by atoms with Crippen molar-refractivity contribution in [3.05, 3.63) is 81.2 Å². The second-order valence-electron chi connectivity index (χ2n) is 8.08. The highest BCUT2D eigenvalue weighted by Crippen LogP contribution is 2.32. The lowest BCUT2D eigenvalue weighted by molar-refractivity contribution is -0.120. The first-order chi connectivity index (χ1) is 16.8. The van der Waals surface area contributed by atoms with Crippen molar-refractivity contribution < 1.29 is 19.1 Å². The van der Waals surface area contributed by atoms with Gasteiger partial charge in [-0.15, -0.1) is 11.3 Å². The highest BCUT2D eigenvalue weighted by atomic mass is 32.1. The number of nitrogens with zero attached hydrogens (tertiary/aromatic N) is 3. The Balaban J connectivity index is 1.43. The number of amides is 2. The Morgan fingerprint density at radius 2 is 1.91 bits per heavy atom. The molecule has 0 saturated heterocycles. The van der Waals surface area contributed by atoms with Gasteiger partial charge in [0.2, 0.25) is 0 Å². The van der Waals surface area contributed by atoms with Gasteiger partial charge in [-0.25, -0.2) is 4.98 Å². The summed E-state index contributed by atoms with van der Waals surface area (Å²) in [6.45, 7) is 1.41. The average Bonchev–Trinajstić information content (AvgIpc) is 3.20. The minimum absolute atomic E-state index is 0.0524. The number of carbonyl (C=O) groups is 3. The molecule has 176 valence electrons. The third-order valence-corrected chi connectivity index (χ3v) is 7.04. The maximum absolute atomic E-state index is 13.2. The normalized spacial score (nSPS) is 12.9. The van der Waals surface area contributed by atoms with Gasteiger partial charge in [0.15, 0.2) is 12.4 Å². The number of nitrogens with one attached hydrogen (secondary N) is 1. The fourth-order valence-corrected chi connectivity index (χ4v) is 4.92. The number of aromatic nitrogens is 2. The second-order valence-corrected chi connectivity index (χ2v) is 9.08. The summed E-state index contributed by atoms with van der Waals surface area (Å²) in [5.74, 6) is -0.349. The zero-order valence-electron chi connectivity index (χ0n) is 18.9. The number of hydrogen-bond acceptors (Lipinski definition) is 7. The van der Waals surface area contributed by atoms with Gasteiger partial charge in [0, 0.05) is 18.3 Å². The van der Waals surface area contributed by atoms with Crippen LogP contribution in [-0.4, -0.2) is 40.8 Å². The number of carbonyl (C=O) groups excluding carboxylic acids is 3. The van der Waals surface area contributed by atoms with Crippen molar-refractivity contribution in [1.29, 1.82) is 0 Å². The number of ketones is 1. The molecule has 2 aromatic carbocycles. The molecule has 0 aliphatic carbocycles. The molecule has 1 aliphatic heterocycles. The lowest BCUT2D eigenvalue weighted by atomic mass is 10.1. The van der Waals surface area contributed by atoms with Gasteiger partial charge in [-0.2, -0.15) is 0 Å². The molecule has 0 atom stereocenters. The van der Waals surface area contributed by atoms with Crippen LogP contribution in [0.2, 0.25) is 0 Å². The Morgan fingerprint density at radius 1 is 1.14 bits per heavy atom. The maximum atomic E-state index is 13.2. The number of para-hydroxylation sites is 1. The van der Waals surface area contributed by atoms with Gasteiger partial charge < -0.3 is 15.0 Å². The first-order valence-corrected chi connectivity index (χ1v) is 11.6. The molecule has 0 unspecified atom stereocenters. The Kier molecular flexibility index (Phi) is 5.65. The molecular formula is C25H20N4O5S. The van der Waals surface area contributed by atoms with Crippen molar-refractivity contribution >= 4 is 50.5 Å². The molecule has 10 heteroatoms. The van der Waals surface area contributed by atoms with Crippen LogP contribution < -0.4 is 20.5 Å². The van der Waals surface area contributed by atoms with Gasteiger partial charge >= 0.3 is 0 Å². The predicted molar refractivity (Wildman–Crippen MR) is 133 cm³/mol. The molecule has 1 aliphatic rings. The molecule has 2 amide bonds. The molecule has 0 radical (unpaired) electrons. The Hall–Kier alpha value is -4.31.